The lowest BCUT2D eigenvalue weighted by Gasteiger charge is -2.36. The van der Waals surface area contributed by atoms with Gasteiger partial charge < -0.3 is 14.7 Å². The van der Waals surface area contributed by atoms with Crippen LogP contribution in [0.15, 0.2) is 127 Å². The van der Waals surface area contributed by atoms with Crippen molar-refractivity contribution in [2.45, 2.75) is 32.0 Å². The van der Waals surface area contributed by atoms with Gasteiger partial charge in [0.1, 0.15) is 0 Å². The Balaban J connectivity index is 0.000000143. The molecule has 0 N–H and O–H groups in total. The van der Waals surface area contributed by atoms with Gasteiger partial charge in [0.25, 0.3) is 0 Å². The first-order chi connectivity index (χ1) is 22.1. The smallest absolute Gasteiger partial charge is 0.0367 e. The highest BCUT2D eigenvalue weighted by atomic mass is 15.3. The van der Waals surface area contributed by atoms with Gasteiger partial charge in [-0.25, -0.2) is 0 Å². The van der Waals surface area contributed by atoms with Crippen molar-refractivity contribution in [1.82, 2.24) is 19.6 Å². The predicted molar refractivity (Wildman–Crippen MR) is 193 cm³/mol. The van der Waals surface area contributed by atoms with Crippen LogP contribution in [0.1, 0.15) is 24.0 Å². The van der Waals surface area contributed by atoms with Crippen LogP contribution in [0.25, 0.3) is 0 Å². The average molecular weight is 606 g/mol. The van der Waals surface area contributed by atoms with Crippen molar-refractivity contribution in [2.24, 2.45) is 0 Å². The van der Waals surface area contributed by atoms with Crippen LogP contribution in [0.4, 0.5) is 5.69 Å². The number of hydrogen-bond donors (Lipinski definition) is 0. The molecular weight excluding hydrogens is 550 g/mol. The normalized spacial score (nSPS) is 17.2. The Hall–Kier alpha value is -3.48. The van der Waals surface area contributed by atoms with E-state index in [0.29, 0.717) is 0 Å². The molecule has 2 saturated heterocycles. The van der Waals surface area contributed by atoms with Crippen molar-refractivity contribution in [3.05, 3.63) is 139 Å². The van der Waals surface area contributed by atoms with E-state index in [1.165, 1.54) is 82.0 Å². The maximum atomic E-state index is 2.65. The summed E-state index contributed by atoms with van der Waals surface area (Å²) in [6, 6.07) is 44.9. The standard InChI is InChI=1S/C13H18N2.C12H18N2.C9H13N.C6H6/c1-2-4-12(5-3-1)14-8-10-15(11-9-14)13-6-7-13;1-13-7-9-14(10-8-13)11-12-5-3-2-4-6-12;1-10(2)8-9-6-4-3-5-7-9;1-2-4-6-5-3-1/h1-5,13H,6-11H2;2-6H,7-11H2,1H3;3-7H,8H2,1-2H3;1-6H. The van der Waals surface area contributed by atoms with Crippen molar-refractivity contribution in [3.63, 3.8) is 0 Å². The summed E-state index contributed by atoms with van der Waals surface area (Å²) < 4.78 is 0. The van der Waals surface area contributed by atoms with Gasteiger partial charge in [0, 0.05) is 77.2 Å². The van der Waals surface area contributed by atoms with Crippen LogP contribution in [0, 0.1) is 0 Å². The monoisotopic (exact) mass is 605 g/mol. The number of benzene rings is 4. The van der Waals surface area contributed by atoms with Crippen LogP contribution in [-0.4, -0.2) is 99.1 Å². The fourth-order valence-corrected chi connectivity index (χ4v) is 5.60. The number of likely N-dealkylation sites (N-methyl/N-ethyl adjacent to an activating group) is 1. The van der Waals surface area contributed by atoms with Gasteiger partial charge in [-0.2, -0.15) is 0 Å². The van der Waals surface area contributed by atoms with Gasteiger partial charge in [0.15, 0.2) is 0 Å². The quantitative estimate of drug-likeness (QED) is 0.239. The van der Waals surface area contributed by atoms with Crippen LogP contribution < -0.4 is 4.90 Å². The van der Waals surface area contributed by atoms with Gasteiger partial charge >= 0.3 is 0 Å². The van der Waals surface area contributed by atoms with Crippen LogP contribution in [0.3, 0.4) is 0 Å². The van der Waals surface area contributed by atoms with E-state index in [4.69, 9.17) is 0 Å². The molecule has 0 spiro atoms. The minimum Gasteiger partial charge on any atom is -0.369 e. The molecule has 2 heterocycles. The van der Waals surface area contributed by atoms with Gasteiger partial charge in [-0.15, -0.1) is 0 Å². The molecule has 4 aromatic carbocycles. The lowest BCUT2D eigenvalue weighted by molar-refractivity contribution is 0.148. The number of hydrogen-bond acceptors (Lipinski definition) is 5. The van der Waals surface area contributed by atoms with Crippen LogP contribution in [0.5, 0.6) is 0 Å². The van der Waals surface area contributed by atoms with Crippen molar-refractivity contribution in [3.8, 4) is 0 Å². The second kappa shape index (κ2) is 19.8. The molecule has 240 valence electrons. The summed E-state index contributed by atoms with van der Waals surface area (Å²) in [4.78, 5) is 12.2. The Morgan fingerprint density at radius 2 is 0.978 bits per heavy atom. The highest BCUT2D eigenvalue weighted by Gasteiger charge is 2.31. The zero-order chi connectivity index (χ0) is 31.5. The number of anilines is 1. The molecule has 1 saturated carbocycles. The Bertz CT molecular complexity index is 1220. The molecule has 0 radical (unpaired) electrons. The molecular formula is C40H55N5. The first-order valence-corrected chi connectivity index (χ1v) is 16.7. The average Bonchev–Trinajstić information content (AvgIpc) is 3.95. The molecule has 3 fully saturated rings. The Labute approximate surface area is 273 Å². The molecule has 5 nitrogen and oxygen atoms in total. The first kappa shape index (κ1) is 34.4. The third kappa shape index (κ3) is 14.0. The second-order valence-electron chi connectivity index (χ2n) is 12.5. The van der Waals surface area contributed by atoms with E-state index in [0.717, 1.165) is 19.1 Å². The van der Waals surface area contributed by atoms with Crippen molar-refractivity contribution >= 4 is 5.69 Å². The molecule has 0 aromatic heterocycles. The zero-order valence-corrected chi connectivity index (χ0v) is 27.9. The van der Waals surface area contributed by atoms with Crippen molar-refractivity contribution < 1.29 is 0 Å². The summed E-state index contributed by atoms with van der Waals surface area (Å²) in [5.41, 5.74) is 4.18. The van der Waals surface area contributed by atoms with Crippen molar-refractivity contribution in [1.29, 1.82) is 0 Å². The third-order valence-electron chi connectivity index (χ3n) is 8.35. The van der Waals surface area contributed by atoms with E-state index in [1.54, 1.807) is 0 Å². The SMILES string of the molecule is CN(C)Cc1ccccc1.CN1CCN(Cc2ccccc2)CC1.c1ccc(N2CCN(C3CC3)CC2)cc1.c1ccccc1. The molecule has 7 rings (SSSR count). The van der Waals surface area contributed by atoms with E-state index < -0.39 is 0 Å². The van der Waals surface area contributed by atoms with Gasteiger partial charge in [0.05, 0.1) is 0 Å². The third-order valence-corrected chi connectivity index (χ3v) is 8.35. The Morgan fingerprint density at radius 1 is 0.533 bits per heavy atom. The lowest BCUT2D eigenvalue weighted by Crippen LogP contribution is -2.47. The van der Waals surface area contributed by atoms with Crippen LogP contribution >= 0.6 is 0 Å². The molecule has 0 atom stereocenters. The molecule has 2 aliphatic heterocycles. The van der Waals surface area contributed by atoms with Gasteiger partial charge in [-0.3, -0.25) is 9.80 Å². The topological polar surface area (TPSA) is 16.2 Å². The maximum Gasteiger partial charge on any atom is 0.0367 e. The highest BCUT2D eigenvalue weighted by Crippen LogP contribution is 2.28. The molecule has 1 aliphatic carbocycles. The highest BCUT2D eigenvalue weighted by molar-refractivity contribution is 5.46. The molecule has 3 aliphatic rings. The predicted octanol–water partition coefficient (Wildman–Crippen LogP) is 6.84. The Morgan fingerprint density at radius 3 is 1.44 bits per heavy atom. The zero-order valence-electron chi connectivity index (χ0n) is 27.9. The van der Waals surface area contributed by atoms with E-state index in [1.807, 2.05) is 42.5 Å². The molecule has 5 heteroatoms. The molecule has 45 heavy (non-hydrogen) atoms. The summed E-state index contributed by atoms with van der Waals surface area (Å²) in [6.45, 7) is 11.8. The van der Waals surface area contributed by atoms with E-state index in [9.17, 15) is 0 Å². The summed E-state index contributed by atoms with van der Waals surface area (Å²) in [6.07, 6.45) is 2.87. The van der Waals surface area contributed by atoms with Crippen molar-refractivity contribution in [2.75, 3.05) is 78.4 Å². The van der Waals surface area contributed by atoms with Gasteiger partial charge in [-0.05, 0) is 57.2 Å². The Kier molecular flexibility index (Phi) is 15.1. The summed E-state index contributed by atoms with van der Waals surface area (Å²) in [5.74, 6) is 0. The van der Waals surface area contributed by atoms with Crippen LogP contribution in [-0.2, 0) is 13.1 Å². The van der Waals surface area contributed by atoms with Gasteiger partial charge in [-0.1, -0.05) is 115 Å². The second-order valence-corrected chi connectivity index (χ2v) is 12.5. The summed E-state index contributed by atoms with van der Waals surface area (Å²) in [5, 5.41) is 0. The lowest BCUT2D eigenvalue weighted by atomic mass is 10.2. The van der Waals surface area contributed by atoms with Gasteiger partial charge in [0.2, 0.25) is 0 Å². The summed E-state index contributed by atoms with van der Waals surface area (Å²) >= 11 is 0. The number of nitrogens with zero attached hydrogens (tertiary/aromatic N) is 5. The van der Waals surface area contributed by atoms with Crippen LogP contribution in [0.2, 0.25) is 0 Å². The van der Waals surface area contributed by atoms with E-state index in [-0.39, 0.29) is 0 Å². The summed E-state index contributed by atoms with van der Waals surface area (Å²) in [7, 11) is 6.35. The first-order valence-electron chi connectivity index (χ1n) is 16.7. The number of para-hydroxylation sites is 1. The minimum atomic E-state index is 0.933. The largest absolute Gasteiger partial charge is 0.369 e. The number of rotatable bonds is 6. The fraction of sp³-hybridized carbons (Fsp3) is 0.400. The molecule has 0 amide bonds. The minimum absolute atomic E-state index is 0.933. The molecule has 0 bridgehead atoms. The van der Waals surface area contributed by atoms with E-state index >= 15 is 0 Å². The molecule has 4 aromatic rings. The number of piperazine rings is 2. The molecule has 0 unspecified atom stereocenters. The maximum absolute atomic E-state index is 2.65. The fourth-order valence-electron chi connectivity index (χ4n) is 5.60. The van der Waals surface area contributed by atoms with E-state index in [2.05, 4.69) is 131 Å².